The lowest BCUT2D eigenvalue weighted by molar-refractivity contribution is -0.137. The zero-order valence-corrected chi connectivity index (χ0v) is 13.0. The molecule has 23 heavy (non-hydrogen) atoms. The topological polar surface area (TPSA) is 70.8 Å². The summed E-state index contributed by atoms with van der Waals surface area (Å²) in [6.45, 7) is 0.930. The molecular weight excluding hydrogens is 294 g/mol. The summed E-state index contributed by atoms with van der Waals surface area (Å²) in [5.41, 5.74) is 1.05. The molecule has 1 aromatic carbocycles. The van der Waals surface area contributed by atoms with Gasteiger partial charge in [0.05, 0.1) is 12.8 Å². The van der Waals surface area contributed by atoms with E-state index < -0.39 is 5.97 Å². The normalized spacial score (nSPS) is 10.4. The summed E-state index contributed by atoms with van der Waals surface area (Å²) in [6, 6.07) is 13.4. The van der Waals surface area contributed by atoms with E-state index in [0.29, 0.717) is 32.4 Å². The van der Waals surface area contributed by atoms with Crippen molar-refractivity contribution in [3.63, 3.8) is 0 Å². The Morgan fingerprint density at radius 1 is 0.957 bits per heavy atom. The number of rotatable bonds is 9. The summed E-state index contributed by atoms with van der Waals surface area (Å²) in [5, 5.41) is 8.65. The fourth-order valence-electron chi connectivity index (χ4n) is 2.34. The lowest BCUT2D eigenvalue weighted by Gasteiger charge is -2.22. The van der Waals surface area contributed by atoms with Gasteiger partial charge in [0.15, 0.2) is 0 Å². The lowest BCUT2D eigenvalue weighted by Crippen LogP contribution is -2.29. The van der Waals surface area contributed by atoms with Crippen LogP contribution in [0.2, 0.25) is 0 Å². The Kier molecular flexibility index (Phi) is 6.41. The van der Waals surface area contributed by atoms with E-state index in [1.807, 2.05) is 36.4 Å². The van der Waals surface area contributed by atoms with E-state index in [4.69, 9.17) is 9.52 Å². The summed E-state index contributed by atoms with van der Waals surface area (Å²) >= 11 is 0. The van der Waals surface area contributed by atoms with Gasteiger partial charge in [-0.1, -0.05) is 30.3 Å². The van der Waals surface area contributed by atoms with Crippen LogP contribution < -0.4 is 0 Å². The van der Waals surface area contributed by atoms with Gasteiger partial charge in [-0.25, -0.2) is 0 Å². The third kappa shape index (κ3) is 5.98. The Labute approximate surface area is 135 Å². The summed E-state index contributed by atoms with van der Waals surface area (Å²) in [5.74, 6) is -0.0790. The molecule has 0 unspecified atom stereocenters. The fourth-order valence-corrected chi connectivity index (χ4v) is 2.34. The van der Waals surface area contributed by atoms with Gasteiger partial charge in [-0.2, -0.15) is 0 Å². The average Bonchev–Trinajstić information content (AvgIpc) is 3.04. The van der Waals surface area contributed by atoms with E-state index in [-0.39, 0.29) is 12.3 Å². The third-order valence-corrected chi connectivity index (χ3v) is 3.53. The second-order valence-electron chi connectivity index (χ2n) is 5.42. The van der Waals surface area contributed by atoms with Crippen molar-refractivity contribution in [3.8, 4) is 0 Å². The standard InChI is InChI=1S/C18H21NO4/c20-17(10-4-5-11-18(21)22)19(14-16-9-6-12-23-16)13-15-7-2-1-3-8-15/h1-3,6-9,12H,4-5,10-11,13-14H2,(H,21,22). The Morgan fingerprint density at radius 2 is 1.70 bits per heavy atom. The van der Waals surface area contributed by atoms with Crippen molar-refractivity contribution >= 4 is 11.9 Å². The molecule has 2 aromatic rings. The second kappa shape index (κ2) is 8.78. The highest BCUT2D eigenvalue weighted by molar-refractivity contribution is 5.76. The van der Waals surface area contributed by atoms with Crippen molar-refractivity contribution < 1.29 is 19.1 Å². The zero-order chi connectivity index (χ0) is 16.5. The van der Waals surface area contributed by atoms with Crippen LogP contribution >= 0.6 is 0 Å². The summed E-state index contributed by atoms with van der Waals surface area (Å²) in [6.07, 6.45) is 3.13. The number of furan rings is 1. The van der Waals surface area contributed by atoms with Gasteiger partial charge in [-0.15, -0.1) is 0 Å². The van der Waals surface area contributed by atoms with E-state index >= 15 is 0 Å². The monoisotopic (exact) mass is 315 g/mol. The molecule has 2 rings (SSSR count). The SMILES string of the molecule is O=C(O)CCCCC(=O)N(Cc1ccccc1)Cc1ccco1. The number of aliphatic carboxylic acids is 1. The van der Waals surface area contributed by atoms with Crippen molar-refractivity contribution in [1.82, 2.24) is 4.90 Å². The van der Waals surface area contributed by atoms with E-state index in [9.17, 15) is 9.59 Å². The molecule has 1 aromatic heterocycles. The number of nitrogens with zero attached hydrogens (tertiary/aromatic N) is 1. The largest absolute Gasteiger partial charge is 0.481 e. The summed E-state index contributed by atoms with van der Waals surface area (Å²) in [7, 11) is 0. The lowest BCUT2D eigenvalue weighted by atomic mass is 10.1. The Balaban J connectivity index is 1.94. The number of carbonyl (C=O) groups is 2. The second-order valence-corrected chi connectivity index (χ2v) is 5.42. The molecule has 0 bridgehead atoms. The minimum absolute atomic E-state index is 0.00985. The first-order valence-electron chi connectivity index (χ1n) is 7.71. The molecule has 0 saturated carbocycles. The van der Waals surface area contributed by atoms with Crippen molar-refractivity contribution in [2.24, 2.45) is 0 Å². The molecule has 1 amide bonds. The Morgan fingerprint density at radius 3 is 2.35 bits per heavy atom. The van der Waals surface area contributed by atoms with Crippen LogP contribution in [0.15, 0.2) is 53.1 Å². The Bertz CT molecular complexity index is 607. The number of carboxylic acid groups (broad SMARTS) is 1. The van der Waals surface area contributed by atoms with Crippen molar-refractivity contribution in [3.05, 3.63) is 60.1 Å². The average molecular weight is 315 g/mol. The molecule has 0 fully saturated rings. The minimum Gasteiger partial charge on any atom is -0.481 e. The number of benzene rings is 1. The molecule has 1 N–H and O–H groups in total. The maximum atomic E-state index is 12.5. The number of unbranched alkanes of at least 4 members (excludes halogenated alkanes) is 1. The Hall–Kier alpha value is -2.56. The van der Waals surface area contributed by atoms with Crippen LogP contribution in [0.1, 0.15) is 37.0 Å². The molecule has 0 atom stereocenters. The van der Waals surface area contributed by atoms with Crippen LogP contribution in [0, 0.1) is 0 Å². The molecule has 0 aliphatic carbocycles. The molecule has 0 radical (unpaired) electrons. The van der Waals surface area contributed by atoms with E-state index in [1.165, 1.54) is 0 Å². The van der Waals surface area contributed by atoms with Crippen molar-refractivity contribution in [1.29, 1.82) is 0 Å². The molecule has 1 heterocycles. The molecule has 5 nitrogen and oxygen atoms in total. The summed E-state index contributed by atoms with van der Waals surface area (Å²) in [4.78, 5) is 24.7. The van der Waals surface area contributed by atoms with Crippen LogP contribution in [-0.4, -0.2) is 21.9 Å². The van der Waals surface area contributed by atoms with Crippen molar-refractivity contribution in [2.75, 3.05) is 0 Å². The molecule has 122 valence electrons. The number of carbonyl (C=O) groups excluding carboxylic acids is 1. The van der Waals surface area contributed by atoms with Gasteiger partial charge in [-0.05, 0) is 30.5 Å². The van der Waals surface area contributed by atoms with Crippen LogP contribution in [-0.2, 0) is 22.7 Å². The molecular formula is C18H21NO4. The van der Waals surface area contributed by atoms with Gasteiger partial charge in [0.1, 0.15) is 5.76 Å². The van der Waals surface area contributed by atoms with Crippen LogP contribution in [0.5, 0.6) is 0 Å². The summed E-state index contributed by atoms with van der Waals surface area (Å²) < 4.78 is 5.34. The maximum Gasteiger partial charge on any atom is 0.303 e. The quantitative estimate of drug-likeness (QED) is 0.719. The van der Waals surface area contributed by atoms with Gasteiger partial charge in [-0.3, -0.25) is 9.59 Å². The maximum absolute atomic E-state index is 12.5. The molecule has 0 aliphatic rings. The smallest absolute Gasteiger partial charge is 0.303 e. The fraction of sp³-hybridized carbons (Fsp3) is 0.333. The van der Waals surface area contributed by atoms with E-state index in [0.717, 1.165) is 11.3 Å². The zero-order valence-electron chi connectivity index (χ0n) is 13.0. The highest BCUT2D eigenvalue weighted by atomic mass is 16.4. The number of hydrogen-bond donors (Lipinski definition) is 1. The molecule has 5 heteroatoms. The first-order valence-corrected chi connectivity index (χ1v) is 7.71. The number of amides is 1. The first-order chi connectivity index (χ1) is 11.1. The third-order valence-electron chi connectivity index (χ3n) is 3.53. The predicted octanol–water partition coefficient (Wildman–Crippen LogP) is 3.45. The van der Waals surface area contributed by atoms with Gasteiger partial charge in [0.25, 0.3) is 0 Å². The van der Waals surface area contributed by atoms with Gasteiger partial charge < -0.3 is 14.4 Å². The molecule has 0 spiro atoms. The van der Waals surface area contributed by atoms with E-state index in [2.05, 4.69) is 0 Å². The molecule has 0 saturated heterocycles. The van der Waals surface area contributed by atoms with Crippen LogP contribution in [0.3, 0.4) is 0 Å². The van der Waals surface area contributed by atoms with Gasteiger partial charge >= 0.3 is 5.97 Å². The number of carboxylic acids is 1. The minimum atomic E-state index is -0.825. The highest BCUT2D eigenvalue weighted by Gasteiger charge is 2.15. The van der Waals surface area contributed by atoms with Crippen LogP contribution in [0.4, 0.5) is 0 Å². The van der Waals surface area contributed by atoms with Crippen molar-refractivity contribution in [2.45, 2.75) is 38.8 Å². The number of hydrogen-bond acceptors (Lipinski definition) is 3. The molecule has 0 aliphatic heterocycles. The first kappa shape index (κ1) is 16.8. The van der Waals surface area contributed by atoms with Gasteiger partial charge in [0.2, 0.25) is 5.91 Å². The van der Waals surface area contributed by atoms with Gasteiger partial charge in [0, 0.05) is 19.4 Å². The predicted molar refractivity (Wildman–Crippen MR) is 85.5 cm³/mol. The van der Waals surface area contributed by atoms with E-state index in [1.54, 1.807) is 17.2 Å². The highest BCUT2D eigenvalue weighted by Crippen LogP contribution is 2.13. The van der Waals surface area contributed by atoms with Crippen LogP contribution in [0.25, 0.3) is 0 Å².